The third-order valence-electron chi connectivity index (χ3n) is 2.95. The lowest BCUT2D eigenvalue weighted by atomic mass is 10.1. The number of rotatable bonds is 0. The molecule has 0 bridgehead atoms. The molecule has 15 heavy (non-hydrogen) atoms. The van der Waals surface area contributed by atoms with Gasteiger partial charge in [-0.2, -0.15) is 0 Å². The highest BCUT2D eigenvalue weighted by atomic mass is 15.2. The lowest BCUT2D eigenvalue weighted by Crippen LogP contribution is -2.42. The molecule has 2 aliphatic heterocycles. The molecular formula is C13H28N2. The normalized spacial score (nSPS) is 23.1. The minimum Gasteiger partial charge on any atom is -0.385 e. The van der Waals surface area contributed by atoms with E-state index in [9.17, 15) is 0 Å². The van der Waals surface area contributed by atoms with Gasteiger partial charge in [0.05, 0.1) is 0 Å². The molecule has 0 saturated carbocycles. The molecular weight excluding hydrogens is 184 g/mol. The van der Waals surface area contributed by atoms with Crippen LogP contribution in [0, 0.1) is 0 Å². The molecule has 0 radical (unpaired) electrons. The fourth-order valence-corrected chi connectivity index (χ4v) is 2.10. The Kier molecular flexibility index (Phi) is 7.27. The number of hydrogen-bond donors (Lipinski definition) is 1. The first-order valence-electron chi connectivity index (χ1n) is 6.47. The molecule has 90 valence electrons. The zero-order chi connectivity index (χ0) is 11.8. The summed E-state index contributed by atoms with van der Waals surface area (Å²) < 4.78 is 0. The molecule has 2 aliphatic rings. The van der Waals surface area contributed by atoms with Crippen LogP contribution >= 0.6 is 0 Å². The van der Waals surface area contributed by atoms with Crippen LogP contribution in [0.4, 0.5) is 0 Å². The van der Waals surface area contributed by atoms with Gasteiger partial charge >= 0.3 is 0 Å². The molecule has 1 saturated heterocycles. The molecule has 2 rings (SSSR count). The monoisotopic (exact) mass is 212 g/mol. The molecule has 2 nitrogen and oxygen atoms in total. The fourth-order valence-electron chi connectivity index (χ4n) is 2.10. The van der Waals surface area contributed by atoms with E-state index in [1.807, 2.05) is 27.7 Å². The van der Waals surface area contributed by atoms with Crippen molar-refractivity contribution < 1.29 is 0 Å². The predicted octanol–water partition coefficient (Wildman–Crippen LogP) is 3.36. The van der Waals surface area contributed by atoms with Gasteiger partial charge in [-0.3, -0.25) is 0 Å². The van der Waals surface area contributed by atoms with Crippen LogP contribution in [-0.2, 0) is 0 Å². The van der Waals surface area contributed by atoms with Crippen molar-refractivity contribution in [3.05, 3.63) is 11.4 Å². The Morgan fingerprint density at radius 1 is 1.13 bits per heavy atom. The Balaban J connectivity index is 0.000000442. The number of hydrogen-bond acceptors (Lipinski definition) is 2. The van der Waals surface area contributed by atoms with Crippen LogP contribution in [0.25, 0.3) is 0 Å². The molecule has 0 aromatic heterocycles. The molecule has 0 amide bonds. The number of allylic oxidation sites excluding steroid dienone is 2. The molecule has 1 unspecified atom stereocenters. The van der Waals surface area contributed by atoms with Gasteiger partial charge in [0.1, 0.15) is 0 Å². The third-order valence-corrected chi connectivity index (χ3v) is 2.95. The number of fused-ring (bicyclic) bond motifs is 1. The van der Waals surface area contributed by atoms with Crippen molar-refractivity contribution in [1.29, 1.82) is 0 Å². The van der Waals surface area contributed by atoms with Crippen molar-refractivity contribution in [2.24, 2.45) is 0 Å². The van der Waals surface area contributed by atoms with Gasteiger partial charge in [0.2, 0.25) is 0 Å². The molecule has 1 atom stereocenters. The summed E-state index contributed by atoms with van der Waals surface area (Å²) in [5.74, 6) is 0. The zero-order valence-corrected chi connectivity index (χ0v) is 11.4. The van der Waals surface area contributed by atoms with E-state index >= 15 is 0 Å². The van der Waals surface area contributed by atoms with E-state index in [1.54, 1.807) is 0 Å². The number of nitrogens with one attached hydrogen (secondary N) is 1. The summed E-state index contributed by atoms with van der Waals surface area (Å²) in [6.07, 6.45) is 2.74. The highest BCUT2D eigenvalue weighted by Gasteiger charge is 2.28. The highest BCUT2D eigenvalue weighted by molar-refractivity contribution is 5.14. The largest absolute Gasteiger partial charge is 0.385 e. The molecule has 0 aromatic rings. The van der Waals surface area contributed by atoms with Crippen molar-refractivity contribution in [2.75, 3.05) is 13.1 Å². The summed E-state index contributed by atoms with van der Waals surface area (Å²) >= 11 is 0. The Morgan fingerprint density at radius 2 is 1.73 bits per heavy atom. The van der Waals surface area contributed by atoms with E-state index in [1.165, 1.54) is 30.8 Å². The molecule has 0 spiro atoms. The van der Waals surface area contributed by atoms with E-state index in [0.717, 1.165) is 12.6 Å². The van der Waals surface area contributed by atoms with Crippen LogP contribution in [0.5, 0.6) is 0 Å². The van der Waals surface area contributed by atoms with Gasteiger partial charge in [-0.25, -0.2) is 0 Å². The first-order chi connectivity index (χ1) is 7.29. The van der Waals surface area contributed by atoms with Crippen LogP contribution in [0.2, 0.25) is 0 Å². The second kappa shape index (κ2) is 7.61. The lowest BCUT2D eigenvalue weighted by Gasteiger charge is -2.34. The quantitative estimate of drug-likeness (QED) is 0.662. The van der Waals surface area contributed by atoms with Crippen LogP contribution < -0.4 is 5.32 Å². The van der Waals surface area contributed by atoms with Gasteiger partial charge in [0.15, 0.2) is 0 Å². The Hall–Kier alpha value is -0.660. The summed E-state index contributed by atoms with van der Waals surface area (Å²) in [5, 5.41) is 3.44. The minimum atomic E-state index is 0.790. The topological polar surface area (TPSA) is 15.3 Å². The zero-order valence-electron chi connectivity index (χ0n) is 11.4. The van der Waals surface area contributed by atoms with Gasteiger partial charge in [0.25, 0.3) is 0 Å². The van der Waals surface area contributed by atoms with E-state index in [-0.39, 0.29) is 0 Å². The third kappa shape index (κ3) is 3.44. The fraction of sp³-hybridized carbons (Fsp3) is 0.846. The van der Waals surface area contributed by atoms with Crippen LogP contribution in [-0.4, -0.2) is 24.0 Å². The SMILES string of the molecule is CC.CC.CC1=C(C)N2CCCC2CN1. The van der Waals surface area contributed by atoms with Gasteiger partial charge in [0, 0.05) is 30.5 Å². The molecule has 0 aromatic carbocycles. The van der Waals surface area contributed by atoms with Crippen molar-refractivity contribution in [2.45, 2.75) is 60.4 Å². The Morgan fingerprint density at radius 3 is 2.33 bits per heavy atom. The van der Waals surface area contributed by atoms with Gasteiger partial charge < -0.3 is 10.2 Å². The average Bonchev–Trinajstić information content (AvgIpc) is 2.78. The predicted molar refractivity (Wildman–Crippen MR) is 68.8 cm³/mol. The van der Waals surface area contributed by atoms with Crippen molar-refractivity contribution >= 4 is 0 Å². The van der Waals surface area contributed by atoms with Gasteiger partial charge in [-0.05, 0) is 26.7 Å². The second-order valence-electron chi connectivity index (χ2n) is 3.58. The van der Waals surface area contributed by atoms with Crippen molar-refractivity contribution in [3.63, 3.8) is 0 Å². The summed E-state index contributed by atoms with van der Waals surface area (Å²) in [6, 6.07) is 0.790. The first-order valence-corrected chi connectivity index (χ1v) is 6.47. The van der Waals surface area contributed by atoms with Gasteiger partial charge in [-0.1, -0.05) is 27.7 Å². The Bertz CT molecular complexity index is 197. The average molecular weight is 212 g/mol. The molecule has 0 aliphatic carbocycles. The summed E-state index contributed by atoms with van der Waals surface area (Å²) in [5.41, 5.74) is 2.82. The maximum atomic E-state index is 3.44. The van der Waals surface area contributed by atoms with E-state index in [0.29, 0.717) is 0 Å². The number of nitrogens with zero attached hydrogens (tertiary/aromatic N) is 1. The maximum absolute atomic E-state index is 3.44. The van der Waals surface area contributed by atoms with Crippen LogP contribution in [0.1, 0.15) is 54.4 Å². The summed E-state index contributed by atoms with van der Waals surface area (Å²) in [4.78, 5) is 2.55. The van der Waals surface area contributed by atoms with E-state index < -0.39 is 0 Å². The smallest absolute Gasteiger partial charge is 0.0460 e. The summed E-state index contributed by atoms with van der Waals surface area (Å²) in [6.45, 7) is 14.8. The molecule has 1 N–H and O–H groups in total. The van der Waals surface area contributed by atoms with Crippen LogP contribution in [0.15, 0.2) is 11.4 Å². The first kappa shape index (κ1) is 14.3. The molecule has 2 heterocycles. The highest BCUT2D eigenvalue weighted by Crippen LogP contribution is 2.25. The molecule has 2 heteroatoms. The second-order valence-corrected chi connectivity index (χ2v) is 3.58. The van der Waals surface area contributed by atoms with Gasteiger partial charge in [-0.15, -0.1) is 0 Å². The standard InChI is InChI=1S/C9H16N2.2C2H6/c1-7-8(2)11-5-3-4-9(11)6-10-7;2*1-2/h9-10H,3-6H2,1-2H3;2*1-2H3. The maximum Gasteiger partial charge on any atom is 0.0460 e. The van der Waals surface area contributed by atoms with Crippen LogP contribution in [0.3, 0.4) is 0 Å². The summed E-state index contributed by atoms with van der Waals surface area (Å²) in [7, 11) is 0. The van der Waals surface area contributed by atoms with Crippen molar-refractivity contribution in [1.82, 2.24) is 10.2 Å². The van der Waals surface area contributed by atoms with E-state index in [2.05, 4.69) is 24.1 Å². The minimum absolute atomic E-state index is 0.790. The molecule has 1 fully saturated rings. The lowest BCUT2D eigenvalue weighted by molar-refractivity contribution is 0.288. The van der Waals surface area contributed by atoms with Crippen molar-refractivity contribution in [3.8, 4) is 0 Å². The Labute approximate surface area is 95.7 Å². The van der Waals surface area contributed by atoms with E-state index in [4.69, 9.17) is 0 Å².